The van der Waals surface area contributed by atoms with Crippen molar-refractivity contribution in [1.82, 2.24) is 20.3 Å². The van der Waals surface area contributed by atoms with Crippen molar-refractivity contribution in [2.75, 3.05) is 11.9 Å². The molecule has 1 aliphatic carbocycles. The monoisotopic (exact) mass is 708 g/mol. The van der Waals surface area contributed by atoms with E-state index in [1.54, 1.807) is 0 Å². The Hall–Kier alpha value is -3.64. The minimum absolute atomic E-state index is 0.0311. The zero-order valence-corrected chi connectivity index (χ0v) is 24.8. The third-order valence-corrected chi connectivity index (χ3v) is 7.29. The molecular formula is C26H26Cl2F8N6O4. The quantitative estimate of drug-likeness (QED) is 0.161. The van der Waals surface area contributed by atoms with Crippen molar-refractivity contribution in [3.8, 4) is 5.88 Å². The SMILES string of the molecule is FC(F)(F)C1CCCCC1.NC(=O)c1cc2[nH]c(Nc3c(Cl)ccc(CNC(=O)C(O)C(F)(F)F)c3Cl)nc2nc1OCC(F)F. The van der Waals surface area contributed by atoms with Crippen molar-refractivity contribution in [1.29, 1.82) is 0 Å². The summed E-state index contributed by atoms with van der Waals surface area (Å²) >= 11 is 12.4. The molecule has 3 aromatic rings. The molecule has 0 aliphatic heterocycles. The van der Waals surface area contributed by atoms with Crippen molar-refractivity contribution >= 4 is 57.8 Å². The fourth-order valence-electron chi connectivity index (χ4n) is 4.24. The molecule has 1 atom stereocenters. The maximum atomic E-state index is 12.5. The summed E-state index contributed by atoms with van der Waals surface area (Å²) < 4.78 is 103. The third-order valence-electron chi connectivity index (χ3n) is 6.54. The molecule has 0 spiro atoms. The van der Waals surface area contributed by atoms with Crippen LogP contribution in [0.15, 0.2) is 18.2 Å². The van der Waals surface area contributed by atoms with Crippen LogP contribution in [0.2, 0.25) is 10.0 Å². The molecule has 10 nitrogen and oxygen atoms in total. The predicted molar refractivity (Wildman–Crippen MR) is 150 cm³/mol. The van der Waals surface area contributed by atoms with E-state index in [9.17, 15) is 44.7 Å². The Morgan fingerprint density at radius 2 is 1.74 bits per heavy atom. The smallest absolute Gasteiger partial charge is 0.423 e. The van der Waals surface area contributed by atoms with Crippen LogP contribution in [0.1, 0.15) is 48.0 Å². The van der Waals surface area contributed by atoms with Crippen LogP contribution in [0.3, 0.4) is 0 Å². The van der Waals surface area contributed by atoms with Crippen molar-refractivity contribution < 1.29 is 54.6 Å². The number of carbonyl (C=O) groups excluding carboxylic acids is 2. The standard InChI is InChI=1S/C19H15Cl2F5N6O4.C7H11F3/c20-8-2-1-6(4-28-16(35)13(33)19(24,25)26)11(21)12(8)30-18-29-9-3-7(14(27)34)17(31-15(9)32-18)36-5-10(22)23;8-7(9,10)6-4-2-1-3-5-6/h1-3,10,13,33H,4-5H2,(H2,27,34)(H,28,35)(H2,29,30,31,32);6H,1-5H2. The molecule has 2 aromatic heterocycles. The number of anilines is 2. The van der Waals surface area contributed by atoms with E-state index in [2.05, 4.69) is 20.3 Å². The van der Waals surface area contributed by atoms with Crippen LogP contribution in [0.25, 0.3) is 11.2 Å². The number of nitrogens with zero attached hydrogens (tertiary/aromatic N) is 2. The van der Waals surface area contributed by atoms with Crippen LogP contribution in [-0.2, 0) is 11.3 Å². The van der Waals surface area contributed by atoms with Crippen LogP contribution in [-0.4, -0.2) is 63.4 Å². The number of hydrogen-bond donors (Lipinski definition) is 5. The number of hydrogen-bond acceptors (Lipinski definition) is 7. The summed E-state index contributed by atoms with van der Waals surface area (Å²) in [7, 11) is 0. The van der Waals surface area contributed by atoms with Gasteiger partial charge in [-0.15, -0.1) is 0 Å². The zero-order chi connectivity index (χ0) is 34.4. The average molecular weight is 709 g/mol. The number of rotatable bonds is 9. The van der Waals surface area contributed by atoms with Gasteiger partial charge in [0.25, 0.3) is 18.2 Å². The van der Waals surface area contributed by atoms with E-state index in [-0.39, 0.29) is 44.0 Å². The summed E-state index contributed by atoms with van der Waals surface area (Å²) in [5, 5.41) is 13.6. The lowest BCUT2D eigenvalue weighted by atomic mass is 9.89. The number of nitrogens with two attached hydrogens (primary N) is 1. The normalized spacial score (nSPS) is 14.9. The first-order valence-electron chi connectivity index (χ1n) is 13.3. The molecule has 6 N–H and O–H groups in total. The lowest BCUT2D eigenvalue weighted by Crippen LogP contribution is -2.43. The number of amides is 2. The Kier molecular flexibility index (Phi) is 12.2. The molecule has 46 heavy (non-hydrogen) atoms. The molecule has 1 aromatic carbocycles. The van der Waals surface area contributed by atoms with Crippen LogP contribution in [0.4, 0.5) is 46.8 Å². The third kappa shape index (κ3) is 9.93. The summed E-state index contributed by atoms with van der Waals surface area (Å²) in [4.78, 5) is 33.9. The zero-order valence-electron chi connectivity index (χ0n) is 23.3. The maximum Gasteiger partial charge on any atom is 0.423 e. The van der Waals surface area contributed by atoms with Crippen molar-refractivity contribution in [2.24, 2.45) is 11.7 Å². The van der Waals surface area contributed by atoms with Gasteiger partial charge in [0.2, 0.25) is 17.9 Å². The topological polar surface area (TPSA) is 155 Å². The number of nitrogens with one attached hydrogen (secondary N) is 3. The van der Waals surface area contributed by atoms with Crippen molar-refractivity contribution in [2.45, 2.75) is 63.5 Å². The summed E-state index contributed by atoms with van der Waals surface area (Å²) in [6.07, 6.45) is -11.9. The van der Waals surface area contributed by atoms with Gasteiger partial charge in [0.05, 0.1) is 27.2 Å². The first-order valence-corrected chi connectivity index (χ1v) is 14.1. The fraction of sp³-hybridized carbons (Fsp3) is 0.462. The van der Waals surface area contributed by atoms with Gasteiger partial charge in [-0.25, -0.2) is 8.78 Å². The number of benzene rings is 1. The summed E-state index contributed by atoms with van der Waals surface area (Å²) in [5.74, 6) is -4.16. The van der Waals surface area contributed by atoms with Gasteiger partial charge in [0, 0.05) is 6.54 Å². The Morgan fingerprint density at radius 3 is 2.28 bits per heavy atom. The number of alkyl halides is 8. The van der Waals surface area contributed by atoms with E-state index >= 15 is 0 Å². The average Bonchev–Trinajstić information content (AvgIpc) is 3.38. The van der Waals surface area contributed by atoms with Gasteiger partial charge in [-0.1, -0.05) is 48.5 Å². The van der Waals surface area contributed by atoms with Gasteiger partial charge in [-0.05, 0) is 30.5 Å². The number of primary amides is 1. The molecule has 254 valence electrons. The molecule has 0 saturated heterocycles. The number of aliphatic hydroxyl groups is 1. The van der Waals surface area contributed by atoms with Crippen LogP contribution >= 0.6 is 23.2 Å². The number of aromatic amines is 1. The fourth-order valence-corrected chi connectivity index (χ4v) is 4.77. The Labute approximate surface area is 265 Å². The molecule has 1 aliphatic rings. The minimum Gasteiger partial charge on any atom is -0.471 e. The molecule has 2 amide bonds. The number of aromatic nitrogens is 3. The van der Waals surface area contributed by atoms with E-state index in [4.69, 9.17) is 38.8 Å². The molecule has 1 saturated carbocycles. The molecule has 20 heteroatoms. The first-order chi connectivity index (χ1) is 21.4. The van der Waals surface area contributed by atoms with Gasteiger partial charge >= 0.3 is 12.4 Å². The minimum atomic E-state index is -5.14. The Balaban J connectivity index is 0.000000489. The highest BCUT2D eigenvalue weighted by Gasteiger charge is 2.43. The van der Waals surface area contributed by atoms with Gasteiger partial charge in [0.1, 0.15) is 5.56 Å². The second kappa shape index (κ2) is 15.3. The lowest BCUT2D eigenvalue weighted by Gasteiger charge is -2.23. The molecular weight excluding hydrogens is 683 g/mol. The summed E-state index contributed by atoms with van der Waals surface area (Å²) in [6, 6.07) is 3.85. The van der Waals surface area contributed by atoms with Gasteiger partial charge < -0.3 is 31.2 Å². The number of imidazole rings is 1. The van der Waals surface area contributed by atoms with Crippen LogP contribution in [0.5, 0.6) is 5.88 Å². The second-order valence-corrected chi connectivity index (χ2v) is 10.7. The first kappa shape index (κ1) is 36.8. The molecule has 4 rings (SSSR count). The molecule has 2 heterocycles. The van der Waals surface area contributed by atoms with Gasteiger partial charge in [0.15, 0.2) is 12.3 Å². The van der Waals surface area contributed by atoms with E-state index in [1.165, 1.54) is 18.2 Å². The highest BCUT2D eigenvalue weighted by Crippen LogP contribution is 2.37. The van der Waals surface area contributed by atoms with Crippen LogP contribution < -0.4 is 21.1 Å². The second-order valence-electron chi connectivity index (χ2n) is 9.92. The highest BCUT2D eigenvalue weighted by atomic mass is 35.5. The van der Waals surface area contributed by atoms with Crippen LogP contribution in [0, 0.1) is 5.92 Å². The lowest BCUT2D eigenvalue weighted by molar-refractivity contribution is -0.205. The Bertz CT molecular complexity index is 1530. The number of ether oxygens (including phenoxy) is 1. The number of fused-ring (bicyclic) bond motifs is 1. The number of pyridine rings is 1. The van der Waals surface area contributed by atoms with Gasteiger partial charge in [-0.2, -0.15) is 36.3 Å². The highest BCUT2D eigenvalue weighted by molar-refractivity contribution is 6.39. The van der Waals surface area contributed by atoms with Gasteiger partial charge in [-0.3, -0.25) is 9.59 Å². The van der Waals surface area contributed by atoms with E-state index in [1.807, 2.05) is 5.32 Å². The Morgan fingerprint density at radius 1 is 1.09 bits per heavy atom. The number of aliphatic hydroxyl groups excluding tert-OH is 1. The summed E-state index contributed by atoms with van der Waals surface area (Å²) in [6.45, 7) is -1.52. The van der Waals surface area contributed by atoms with E-state index < -0.39 is 61.6 Å². The van der Waals surface area contributed by atoms with E-state index in [0.29, 0.717) is 12.8 Å². The van der Waals surface area contributed by atoms with Crippen molar-refractivity contribution in [3.05, 3.63) is 39.4 Å². The number of H-pyrrole nitrogens is 1. The predicted octanol–water partition coefficient (Wildman–Crippen LogP) is 6.42. The largest absolute Gasteiger partial charge is 0.471 e. The van der Waals surface area contributed by atoms with Crippen molar-refractivity contribution in [3.63, 3.8) is 0 Å². The molecule has 1 fully saturated rings. The number of halogens is 10. The molecule has 1 unspecified atom stereocenters. The maximum absolute atomic E-state index is 12.5. The molecule has 0 radical (unpaired) electrons. The number of carbonyl (C=O) groups is 2. The van der Waals surface area contributed by atoms with E-state index in [0.717, 1.165) is 19.3 Å². The summed E-state index contributed by atoms with van der Waals surface area (Å²) in [5.41, 5.74) is 5.25. The molecule has 0 bridgehead atoms.